The van der Waals surface area contributed by atoms with Crippen molar-refractivity contribution in [3.63, 3.8) is 0 Å². The lowest BCUT2D eigenvalue weighted by Gasteiger charge is -2.18. The zero-order chi connectivity index (χ0) is 45.1. The third-order valence-electron chi connectivity index (χ3n) is 10.9. The number of unbranched alkanes of at least 4 members (excludes halogenated alkanes) is 23. The van der Waals surface area contributed by atoms with Crippen LogP contribution in [-0.2, 0) is 28.6 Å². The number of allylic oxidation sites excluding steroid dienone is 12. The van der Waals surface area contributed by atoms with Crippen LogP contribution in [0.5, 0.6) is 0 Å². The molecule has 6 heteroatoms. The molecule has 0 aliphatic carbocycles. The van der Waals surface area contributed by atoms with Gasteiger partial charge in [0.05, 0.1) is 0 Å². The summed E-state index contributed by atoms with van der Waals surface area (Å²) in [5.74, 6) is -0.918. The average molecular weight is 865 g/mol. The third-order valence-corrected chi connectivity index (χ3v) is 10.9. The van der Waals surface area contributed by atoms with Crippen LogP contribution in [0.15, 0.2) is 72.9 Å². The van der Waals surface area contributed by atoms with Gasteiger partial charge in [-0.1, -0.05) is 190 Å². The third kappa shape index (κ3) is 47.9. The highest BCUT2D eigenvalue weighted by molar-refractivity contribution is 5.71. The number of carbonyl (C=O) groups excluding carboxylic acids is 3. The fraction of sp³-hybridized carbons (Fsp3) is 0.732. The topological polar surface area (TPSA) is 78.9 Å². The van der Waals surface area contributed by atoms with Gasteiger partial charge in [0.25, 0.3) is 0 Å². The molecule has 0 aromatic heterocycles. The van der Waals surface area contributed by atoms with E-state index in [1.165, 1.54) is 96.3 Å². The molecule has 0 fully saturated rings. The van der Waals surface area contributed by atoms with E-state index in [-0.39, 0.29) is 31.1 Å². The van der Waals surface area contributed by atoms with Gasteiger partial charge < -0.3 is 14.2 Å². The molecule has 356 valence electrons. The summed E-state index contributed by atoms with van der Waals surface area (Å²) in [6.07, 6.45) is 63.1. The fourth-order valence-electron chi connectivity index (χ4n) is 7.01. The van der Waals surface area contributed by atoms with Crippen molar-refractivity contribution in [2.24, 2.45) is 0 Å². The van der Waals surface area contributed by atoms with Gasteiger partial charge in [-0.25, -0.2) is 0 Å². The van der Waals surface area contributed by atoms with Gasteiger partial charge in [0, 0.05) is 19.3 Å². The van der Waals surface area contributed by atoms with E-state index in [4.69, 9.17) is 14.2 Å². The minimum Gasteiger partial charge on any atom is -0.462 e. The molecule has 0 bridgehead atoms. The summed E-state index contributed by atoms with van der Waals surface area (Å²) in [5.41, 5.74) is 0. The molecule has 0 amide bonds. The largest absolute Gasteiger partial charge is 0.462 e. The molecule has 0 saturated carbocycles. The summed E-state index contributed by atoms with van der Waals surface area (Å²) in [5, 5.41) is 0. The zero-order valence-corrected chi connectivity index (χ0v) is 40.6. The molecule has 0 radical (unpaired) electrons. The van der Waals surface area contributed by atoms with Crippen LogP contribution in [0.1, 0.15) is 245 Å². The highest BCUT2D eigenvalue weighted by Gasteiger charge is 2.19. The number of carbonyl (C=O) groups is 3. The molecule has 0 aliphatic heterocycles. The Balaban J connectivity index is 4.40. The molecular weight excluding hydrogens is 769 g/mol. The smallest absolute Gasteiger partial charge is 0.306 e. The Kier molecular flexibility index (Phi) is 47.9. The number of ether oxygens (including phenoxy) is 3. The van der Waals surface area contributed by atoms with Gasteiger partial charge in [-0.3, -0.25) is 14.4 Å². The van der Waals surface area contributed by atoms with Crippen LogP contribution in [0, 0.1) is 0 Å². The standard InChI is InChI=1S/C56H96O6/c1-4-7-10-13-16-19-22-25-26-27-28-29-30-32-34-37-40-43-46-49-55(58)61-52-53(51-60-54(57)48-45-42-39-36-33-24-21-18-15-12-9-6-3)62-56(59)50-47-44-41-38-35-31-23-20-17-14-11-8-5-2/h7,10,16,18-21,23,25-26,28-29,53H,4-6,8-9,11-15,17,22,24,27,30-52H2,1-3H3/b10-7-,19-16-,21-18-,23-20-,26-25-,29-28-. The lowest BCUT2D eigenvalue weighted by molar-refractivity contribution is -0.167. The summed E-state index contributed by atoms with van der Waals surface area (Å²) in [6, 6.07) is 0. The van der Waals surface area contributed by atoms with Crippen molar-refractivity contribution in [2.75, 3.05) is 13.2 Å². The average Bonchev–Trinajstić information content (AvgIpc) is 3.27. The Morgan fingerprint density at radius 2 is 0.629 bits per heavy atom. The van der Waals surface area contributed by atoms with Crippen LogP contribution in [0.4, 0.5) is 0 Å². The molecule has 0 spiro atoms. The Morgan fingerprint density at radius 1 is 0.339 bits per heavy atom. The van der Waals surface area contributed by atoms with E-state index in [9.17, 15) is 14.4 Å². The molecule has 62 heavy (non-hydrogen) atoms. The van der Waals surface area contributed by atoms with Gasteiger partial charge in [-0.15, -0.1) is 0 Å². The zero-order valence-electron chi connectivity index (χ0n) is 40.6. The van der Waals surface area contributed by atoms with Crippen LogP contribution >= 0.6 is 0 Å². The van der Waals surface area contributed by atoms with Gasteiger partial charge in [-0.2, -0.15) is 0 Å². The molecule has 0 N–H and O–H groups in total. The lowest BCUT2D eigenvalue weighted by atomic mass is 10.1. The minimum atomic E-state index is -0.788. The Hall–Kier alpha value is -3.15. The van der Waals surface area contributed by atoms with Crippen molar-refractivity contribution < 1.29 is 28.6 Å². The number of hydrogen-bond donors (Lipinski definition) is 0. The van der Waals surface area contributed by atoms with Crippen molar-refractivity contribution in [1.82, 2.24) is 0 Å². The number of esters is 3. The molecule has 0 aromatic carbocycles. The van der Waals surface area contributed by atoms with Crippen molar-refractivity contribution in [1.29, 1.82) is 0 Å². The highest BCUT2D eigenvalue weighted by atomic mass is 16.6. The fourth-order valence-corrected chi connectivity index (χ4v) is 7.01. The Labute approximate surface area is 382 Å². The molecule has 0 saturated heterocycles. The highest BCUT2D eigenvalue weighted by Crippen LogP contribution is 2.14. The Morgan fingerprint density at radius 3 is 1.03 bits per heavy atom. The van der Waals surface area contributed by atoms with Gasteiger partial charge >= 0.3 is 17.9 Å². The molecule has 0 aromatic rings. The molecule has 1 atom stereocenters. The summed E-state index contributed by atoms with van der Waals surface area (Å²) in [7, 11) is 0. The van der Waals surface area contributed by atoms with E-state index >= 15 is 0 Å². The summed E-state index contributed by atoms with van der Waals surface area (Å²) in [6.45, 7) is 6.46. The van der Waals surface area contributed by atoms with Crippen molar-refractivity contribution in [3.8, 4) is 0 Å². The first-order chi connectivity index (χ1) is 30.5. The van der Waals surface area contributed by atoms with Crippen molar-refractivity contribution in [2.45, 2.75) is 252 Å². The summed E-state index contributed by atoms with van der Waals surface area (Å²) in [4.78, 5) is 37.9. The maximum atomic E-state index is 12.8. The molecule has 6 nitrogen and oxygen atoms in total. The second-order valence-corrected chi connectivity index (χ2v) is 17.0. The first-order valence-electron chi connectivity index (χ1n) is 25.9. The van der Waals surface area contributed by atoms with Gasteiger partial charge in [0.1, 0.15) is 13.2 Å². The summed E-state index contributed by atoms with van der Waals surface area (Å²) >= 11 is 0. The van der Waals surface area contributed by atoms with Crippen molar-refractivity contribution >= 4 is 17.9 Å². The minimum absolute atomic E-state index is 0.0878. The van der Waals surface area contributed by atoms with Crippen LogP contribution in [0.2, 0.25) is 0 Å². The normalized spacial score (nSPS) is 12.6. The van der Waals surface area contributed by atoms with E-state index in [0.29, 0.717) is 19.3 Å². The van der Waals surface area contributed by atoms with Crippen LogP contribution < -0.4 is 0 Å². The first-order valence-corrected chi connectivity index (χ1v) is 25.9. The Bertz CT molecular complexity index is 1180. The second kappa shape index (κ2) is 50.5. The van der Waals surface area contributed by atoms with E-state index in [2.05, 4.69) is 93.7 Å². The van der Waals surface area contributed by atoms with E-state index < -0.39 is 6.10 Å². The first kappa shape index (κ1) is 58.9. The molecule has 0 rings (SSSR count). The van der Waals surface area contributed by atoms with Crippen LogP contribution in [-0.4, -0.2) is 37.2 Å². The van der Waals surface area contributed by atoms with Crippen LogP contribution in [0.3, 0.4) is 0 Å². The second-order valence-electron chi connectivity index (χ2n) is 17.0. The predicted octanol–water partition coefficient (Wildman–Crippen LogP) is 17.0. The molecule has 0 heterocycles. The van der Waals surface area contributed by atoms with Gasteiger partial charge in [0.2, 0.25) is 0 Å². The molecule has 0 aliphatic rings. The van der Waals surface area contributed by atoms with E-state index in [0.717, 1.165) is 109 Å². The monoisotopic (exact) mass is 865 g/mol. The maximum absolute atomic E-state index is 12.8. The van der Waals surface area contributed by atoms with E-state index in [1.54, 1.807) is 0 Å². The van der Waals surface area contributed by atoms with Gasteiger partial charge in [0.15, 0.2) is 6.10 Å². The van der Waals surface area contributed by atoms with Crippen molar-refractivity contribution in [3.05, 3.63) is 72.9 Å². The van der Waals surface area contributed by atoms with Crippen LogP contribution in [0.25, 0.3) is 0 Å². The summed E-state index contributed by atoms with van der Waals surface area (Å²) < 4.78 is 16.8. The number of rotatable bonds is 46. The quantitative estimate of drug-likeness (QED) is 0.0262. The van der Waals surface area contributed by atoms with Gasteiger partial charge in [-0.05, 0) is 109 Å². The predicted molar refractivity (Wildman–Crippen MR) is 265 cm³/mol. The lowest BCUT2D eigenvalue weighted by Crippen LogP contribution is -2.30. The molecule has 1 unspecified atom stereocenters. The molecular formula is C56H96O6. The SMILES string of the molecule is CC/C=C\C/C=C\C/C=C\C/C=C\CCCCCCCCC(=O)OCC(COC(=O)CCCCCCC/C=C\CCCCC)OC(=O)CCCCCCC/C=C\CCCCCC. The van der Waals surface area contributed by atoms with E-state index in [1.807, 2.05) is 0 Å². The maximum Gasteiger partial charge on any atom is 0.306 e. The number of hydrogen-bond acceptors (Lipinski definition) is 6.